The summed E-state index contributed by atoms with van der Waals surface area (Å²) in [5.74, 6) is 0.217. The second-order valence-electron chi connectivity index (χ2n) is 6.58. The van der Waals surface area contributed by atoms with Crippen LogP contribution >= 0.6 is 0 Å². The zero-order valence-corrected chi connectivity index (χ0v) is 12.9. The Hall–Kier alpha value is -0.933. The topological polar surface area (TPSA) is 26.3 Å². The number of hydrogen-bond donors (Lipinski definition) is 0. The van der Waals surface area contributed by atoms with Crippen LogP contribution in [0.25, 0.3) is 0 Å². The Labute approximate surface area is 110 Å². The van der Waals surface area contributed by atoms with Gasteiger partial charge in [-0.05, 0) is 23.7 Å². The highest BCUT2D eigenvalue weighted by Crippen LogP contribution is 2.43. The Morgan fingerprint density at radius 3 is 2.44 bits per heavy atom. The molecule has 0 amide bonds. The summed E-state index contributed by atoms with van der Waals surface area (Å²) in [6.45, 7) is 11.1. The van der Waals surface area contributed by atoms with E-state index in [0.717, 1.165) is 11.1 Å². The Morgan fingerprint density at radius 2 is 1.83 bits per heavy atom. The molecule has 2 rings (SSSR count). The van der Waals surface area contributed by atoms with Gasteiger partial charge in [0.05, 0.1) is 6.10 Å². The third-order valence-corrected chi connectivity index (χ3v) is 8.71. The fourth-order valence-corrected chi connectivity index (χ4v) is 3.33. The van der Waals surface area contributed by atoms with Crippen molar-refractivity contribution in [2.24, 2.45) is 0 Å². The highest BCUT2D eigenvalue weighted by atomic mass is 28.4. The fraction of sp³-hybridized carbons (Fsp3) is 0.533. The number of benzene rings is 1. The second kappa shape index (κ2) is 4.32. The molecule has 3 heteroatoms. The molecule has 1 aromatic rings. The van der Waals surface area contributed by atoms with Crippen molar-refractivity contribution in [1.29, 1.82) is 0 Å². The SMILES string of the molecule is CC(C)(C)[Si](C)(C)O[C@H]1CC(=O)c2ccccc21. The first-order valence-corrected chi connectivity index (χ1v) is 9.43. The summed E-state index contributed by atoms with van der Waals surface area (Å²) in [5.41, 5.74) is 1.92. The van der Waals surface area contributed by atoms with Gasteiger partial charge in [0.2, 0.25) is 0 Å². The Morgan fingerprint density at radius 1 is 1.22 bits per heavy atom. The molecule has 98 valence electrons. The maximum Gasteiger partial charge on any atom is 0.192 e. The average Bonchev–Trinajstić information content (AvgIpc) is 2.55. The third-order valence-electron chi connectivity index (χ3n) is 4.22. The first kappa shape index (κ1) is 13.5. The lowest BCUT2D eigenvalue weighted by atomic mass is 10.1. The Bertz CT molecular complexity index is 472. The number of carbonyl (C=O) groups is 1. The quantitative estimate of drug-likeness (QED) is 0.741. The van der Waals surface area contributed by atoms with Gasteiger partial charge in [-0.15, -0.1) is 0 Å². The molecule has 18 heavy (non-hydrogen) atoms. The van der Waals surface area contributed by atoms with Crippen molar-refractivity contribution in [2.75, 3.05) is 0 Å². The van der Waals surface area contributed by atoms with E-state index in [1.807, 2.05) is 24.3 Å². The average molecular weight is 262 g/mol. The molecular weight excluding hydrogens is 240 g/mol. The summed E-state index contributed by atoms with van der Waals surface area (Å²) < 4.78 is 6.38. The summed E-state index contributed by atoms with van der Waals surface area (Å²) >= 11 is 0. The van der Waals surface area contributed by atoms with Crippen LogP contribution in [0, 0.1) is 0 Å². The molecule has 0 heterocycles. The Balaban J connectivity index is 2.26. The third kappa shape index (κ3) is 2.29. The molecule has 1 aliphatic rings. The highest BCUT2D eigenvalue weighted by molar-refractivity contribution is 6.74. The number of hydrogen-bond acceptors (Lipinski definition) is 2. The molecule has 0 saturated heterocycles. The van der Waals surface area contributed by atoms with Gasteiger partial charge >= 0.3 is 0 Å². The van der Waals surface area contributed by atoms with Gasteiger partial charge in [-0.2, -0.15) is 0 Å². The molecule has 0 spiro atoms. The van der Waals surface area contributed by atoms with Crippen molar-refractivity contribution in [2.45, 2.75) is 51.4 Å². The predicted octanol–water partition coefficient (Wildman–Crippen LogP) is 4.34. The van der Waals surface area contributed by atoms with Crippen molar-refractivity contribution in [3.8, 4) is 0 Å². The molecule has 0 saturated carbocycles. The van der Waals surface area contributed by atoms with E-state index in [9.17, 15) is 4.79 Å². The maximum atomic E-state index is 11.9. The predicted molar refractivity (Wildman–Crippen MR) is 76.4 cm³/mol. The molecule has 1 aliphatic carbocycles. The molecule has 1 atom stereocenters. The normalized spacial score (nSPS) is 20.1. The molecule has 0 bridgehead atoms. The van der Waals surface area contributed by atoms with Gasteiger partial charge in [0.1, 0.15) is 0 Å². The van der Waals surface area contributed by atoms with Gasteiger partial charge < -0.3 is 4.43 Å². The molecule has 2 nitrogen and oxygen atoms in total. The highest BCUT2D eigenvalue weighted by Gasteiger charge is 2.42. The van der Waals surface area contributed by atoms with Crippen molar-refractivity contribution in [3.05, 3.63) is 35.4 Å². The van der Waals surface area contributed by atoms with Crippen LogP contribution < -0.4 is 0 Å². The van der Waals surface area contributed by atoms with Gasteiger partial charge in [0, 0.05) is 12.0 Å². The summed E-state index contributed by atoms with van der Waals surface area (Å²) in [4.78, 5) is 11.9. The van der Waals surface area contributed by atoms with Crippen LogP contribution in [-0.2, 0) is 4.43 Å². The minimum Gasteiger partial charge on any atom is -0.409 e. The number of Topliss-reactive ketones (excluding diaryl/α,β-unsaturated/α-hetero) is 1. The summed E-state index contributed by atoms with van der Waals surface area (Å²) in [5, 5.41) is 0.174. The van der Waals surface area contributed by atoms with Crippen LogP contribution in [0.2, 0.25) is 18.1 Å². The molecule has 0 aliphatic heterocycles. The van der Waals surface area contributed by atoms with E-state index in [0.29, 0.717) is 6.42 Å². The fourth-order valence-electron chi connectivity index (χ4n) is 2.06. The molecule has 1 aromatic carbocycles. The van der Waals surface area contributed by atoms with Crippen molar-refractivity contribution >= 4 is 14.1 Å². The first-order chi connectivity index (χ1) is 8.22. The molecular formula is C15H22O2Si. The van der Waals surface area contributed by atoms with Crippen molar-refractivity contribution in [1.82, 2.24) is 0 Å². The molecule has 0 fully saturated rings. The van der Waals surface area contributed by atoms with Gasteiger partial charge in [-0.3, -0.25) is 4.79 Å². The number of carbonyl (C=O) groups excluding carboxylic acids is 1. The van der Waals surface area contributed by atoms with Crippen LogP contribution in [0.5, 0.6) is 0 Å². The van der Waals surface area contributed by atoms with E-state index in [2.05, 4.69) is 33.9 Å². The zero-order valence-electron chi connectivity index (χ0n) is 11.9. The van der Waals surface area contributed by atoms with Gasteiger partial charge in [0.15, 0.2) is 14.1 Å². The van der Waals surface area contributed by atoms with Crippen molar-refractivity contribution < 1.29 is 9.22 Å². The lowest BCUT2D eigenvalue weighted by molar-refractivity contribution is 0.0937. The standard InChI is InChI=1S/C15H22O2Si/c1-15(2,3)18(4,5)17-14-10-13(16)11-8-6-7-9-12(11)14/h6-9,14H,10H2,1-5H3/t14-/m0/s1. The Kier molecular flexibility index (Phi) is 3.24. The molecule has 0 radical (unpaired) electrons. The number of rotatable bonds is 2. The van der Waals surface area contributed by atoms with Crippen LogP contribution in [0.4, 0.5) is 0 Å². The monoisotopic (exact) mass is 262 g/mol. The molecule has 0 N–H and O–H groups in total. The van der Waals surface area contributed by atoms with Gasteiger partial charge in [-0.1, -0.05) is 45.0 Å². The summed E-state index contributed by atoms with van der Waals surface area (Å²) in [6.07, 6.45) is 0.473. The van der Waals surface area contributed by atoms with E-state index < -0.39 is 8.32 Å². The maximum absolute atomic E-state index is 11.9. The molecule has 0 unspecified atom stereocenters. The zero-order chi connectivity index (χ0) is 13.6. The van der Waals surface area contributed by atoms with Crippen LogP contribution in [0.3, 0.4) is 0 Å². The lowest BCUT2D eigenvalue weighted by Crippen LogP contribution is -2.41. The second-order valence-corrected chi connectivity index (χ2v) is 11.3. The van der Waals surface area contributed by atoms with E-state index in [4.69, 9.17) is 4.43 Å². The first-order valence-electron chi connectivity index (χ1n) is 6.52. The minimum atomic E-state index is -1.82. The smallest absolute Gasteiger partial charge is 0.192 e. The molecule has 0 aromatic heterocycles. The summed E-state index contributed by atoms with van der Waals surface area (Å²) in [6, 6.07) is 7.84. The van der Waals surface area contributed by atoms with Crippen LogP contribution in [0.1, 0.15) is 49.2 Å². The largest absolute Gasteiger partial charge is 0.409 e. The van der Waals surface area contributed by atoms with E-state index >= 15 is 0 Å². The minimum absolute atomic E-state index is 0.0328. The van der Waals surface area contributed by atoms with Gasteiger partial charge in [-0.25, -0.2) is 0 Å². The summed E-state index contributed by atoms with van der Waals surface area (Å²) in [7, 11) is -1.82. The number of fused-ring (bicyclic) bond motifs is 1. The number of ketones is 1. The van der Waals surface area contributed by atoms with Crippen LogP contribution in [-0.4, -0.2) is 14.1 Å². The lowest BCUT2D eigenvalue weighted by Gasteiger charge is -2.38. The van der Waals surface area contributed by atoms with Crippen molar-refractivity contribution in [3.63, 3.8) is 0 Å². The van der Waals surface area contributed by atoms with Gasteiger partial charge in [0.25, 0.3) is 0 Å². The van der Waals surface area contributed by atoms with E-state index in [-0.39, 0.29) is 16.9 Å². The van der Waals surface area contributed by atoms with Crippen LogP contribution in [0.15, 0.2) is 24.3 Å². The van der Waals surface area contributed by atoms with E-state index in [1.54, 1.807) is 0 Å². The van der Waals surface area contributed by atoms with E-state index in [1.165, 1.54) is 0 Å².